The molecule has 43 heavy (non-hydrogen) atoms. The fourth-order valence-corrected chi connectivity index (χ4v) is 5.92. The zero-order valence-corrected chi connectivity index (χ0v) is 24.8. The normalized spacial score (nSPS) is 15.7. The van der Waals surface area contributed by atoms with E-state index in [1.54, 1.807) is 14.2 Å². The molecule has 6 rings (SSSR count). The maximum absolute atomic E-state index is 13.4. The molecule has 4 aromatic rings. The van der Waals surface area contributed by atoms with Crippen LogP contribution in [-0.4, -0.2) is 49.0 Å². The van der Waals surface area contributed by atoms with Crippen LogP contribution in [0.5, 0.6) is 11.5 Å². The van der Waals surface area contributed by atoms with E-state index in [9.17, 15) is 9.59 Å². The molecule has 0 bridgehead atoms. The Morgan fingerprint density at radius 1 is 0.837 bits per heavy atom. The first-order chi connectivity index (χ1) is 21.0. The van der Waals surface area contributed by atoms with E-state index in [-0.39, 0.29) is 11.8 Å². The number of nitrogens with zero attached hydrogens (tertiary/aromatic N) is 2. The van der Waals surface area contributed by atoms with Crippen LogP contribution in [-0.2, 0) is 29.0 Å². The fraction of sp³-hybridized carbons (Fsp3) is 0.343. The molecule has 2 amide bonds. The molecular formula is C35H38N4O4. The van der Waals surface area contributed by atoms with Crippen molar-refractivity contribution in [2.45, 2.75) is 45.1 Å². The Morgan fingerprint density at radius 3 is 2.26 bits per heavy atom. The summed E-state index contributed by atoms with van der Waals surface area (Å²) in [5.74, 6) is 0.861. The highest BCUT2D eigenvalue weighted by atomic mass is 16.5. The predicted molar refractivity (Wildman–Crippen MR) is 169 cm³/mol. The lowest BCUT2D eigenvalue weighted by atomic mass is 10.0. The molecule has 0 atom stereocenters. The third kappa shape index (κ3) is 6.20. The lowest BCUT2D eigenvalue weighted by Crippen LogP contribution is -2.36. The number of benzene rings is 3. The fourth-order valence-electron chi connectivity index (χ4n) is 5.92. The zero-order valence-electron chi connectivity index (χ0n) is 24.8. The summed E-state index contributed by atoms with van der Waals surface area (Å²) in [7, 11) is 3.25. The van der Waals surface area contributed by atoms with Gasteiger partial charge in [0.1, 0.15) is 5.41 Å². The number of likely N-dealkylation sites (tertiary alicyclic amines) is 1. The largest absolute Gasteiger partial charge is 0.493 e. The van der Waals surface area contributed by atoms with Crippen molar-refractivity contribution < 1.29 is 19.1 Å². The SMILES string of the molecule is COc1cc2nccc(CCc3ccc(NC(=O)C4(C(=O)Nc5ccccc5CN5CCCC5)CC4)cc3)c2cc1OC. The number of carbonyl (C=O) groups is 2. The van der Waals surface area contributed by atoms with Crippen LogP contribution in [0.25, 0.3) is 10.9 Å². The van der Waals surface area contributed by atoms with Gasteiger partial charge in [0.25, 0.3) is 0 Å². The number of fused-ring (bicyclic) bond motifs is 1. The zero-order chi connectivity index (χ0) is 29.8. The summed E-state index contributed by atoms with van der Waals surface area (Å²) in [6.45, 7) is 2.97. The molecule has 0 radical (unpaired) electrons. The van der Waals surface area contributed by atoms with E-state index >= 15 is 0 Å². The maximum atomic E-state index is 13.4. The number of hydrogen-bond donors (Lipinski definition) is 2. The van der Waals surface area contributed by atoms with Crippen LogP contribution in [0.2, 0.25) is 0 Å². The lowest BCUT2D eigenvalue weighted by Gasteiger charge is -2.20. The van der Waals surface area contributed by atoms with Crippen LogP contribution >= 0.6 is 0 Å². The van der Waals surface area contributed by atoms with Gasteiger partial charge < -0.3 is 20.1 Å². The minimum absolute atomic E-state index is 0.227. The van der Waals surface area contributed by atoms with Crippen molar-refractivity contribution >= 4 is 34.1 Å². The van der Waals surface area contributed by atoms with E-state index in [0.717, 1.165) is 60.2 Å². The Hall–Kier alpha value is -4.43. The van der Waals surface area contributed by atoms with E-state index in [1.165, 1.54) is 18.4 Å². The first-order valence-corrected chi connectivity index (χ1v) is 15.0. The Kier molecular flexibility index (Phi) is 8.29. The smallest absolute Gasteiger partial charge is 0.240 e. The first kappa shape index (κ1) is 28.7. The number of amides is 2. The topological polar surface area (TPSA) is 92.8 Å². The number of aromatic nitrogens is 1. The first-order valence-electron chi connectivity index (χ1n) is 15.0. The van der Waals surface area contributed by atoms with E-state index in [4.69, 9.17) is 9.47 Å². The number of nitrogens with one attached hydrogen (secondary N) is 2. The van der Waals surface area contributed by atoms with Crippen molar-refractivity contribution in [2.75, 3.05) is 37.9 Å². The summed E-state index contributed by atoms with van der Waals surface area (Å²) in [4.78, 5) is 33.6. The monoisotopic (exact) mass is 578 g/mol. The number of methoxy groups -OCH3 is 2. The Bertz CT molecular complexity index is 1630. The minimum Gasteiger partial charge on any atom is -0.493 e. The third-order valence-corrected chi connectivity index (χ3v) is 8.71. The molecule has 1 saturated carbocycles. The van der Waals surface area contributed by atoms with Crippen LogP contribution < -0.4 is 20.1 Å². The van der Waals surface area contributed by atoms with Gasteiger partial charge in [-0.3, -0.25) is 19.5 Å². The number of carbonyl (C=O) groups excluding carboxylic acids is 2. The average molecular weight is 579 g/mol. The number of rotatable bonds is 11. The number of para-hydroxylation sites is 1. The Balaban J connectivity index is 1.07. The van der Waals surface area contributed by atoms with Crippen molar-refractivity contribution in [1.29, 1.82) is 0 Å². The molecule has 1 aromatic heterocycles. The number of aryl methyl sites for hydroxylation is 2. The molecular weight excluding hydrogens is 540 g/mol. The average Bonchev–Trinajstić information content (AvgIpc) is 3.70. The molecule has 2 fully saturated rings. The molecule has 1 aliphatic carbocycles. The molecule has 2 N–H and O–H groups in total. The molecule has 2 heterocycles. The molecule has 0 unspecified atom stereocenters. The van der Waals surface area contributed by atoms with Gasteiger partial charge in [0.2, 0.25) is 11.8 Å². The van der Waals surface area contributed by atoms with Gasteiger partial charge in [-0.25, -0.2) is 0 Å². The highest BCUT2D eigenvalue weighted by Gasteiger charge is 2.56. The van der Waals surface area contributed by atoms with Gasteiger partial charge in [-0.15, -0.1) is 0 Å². The Morgan fingerprint density at radius 2 is 1.53 bits per heavy atom. The number of anilines is 2. The molecule has 222 valence electrons. The summed E-state index contributed by atoms with van der Waals surface area (Å²) in [5, 5.41) is 7.10. The van der Waals surface area contributed by atoms with Crippen LogP contribution in [0.15, 0.2) is 72.9 Å². The molecule has 8 nitrogen and oxygen atoms in total. The second kappa shape index (κ2) is 12.4. The van der Waals surface area contributed by atoms with Gasteiger partial charge >= 0.3 is 0 Å². The second-order valence-corrected chi connectivity index (χ2v) is 11.5. The Labute approximate surface area is 252 Å². The molecule has 0 spiro atoms. The number of hydrogen-bond acceptors (Lipinski definition) is 6. The molecule has 2 aliphatic rings. The van der Waals surface area contributed by atoms with Gasteiger partial charge in [0.05, 0.1) is 19.7 Å². The highest BCUT2D eigenvalue weighted by molar-refractivity contribution is 6.17. The molecule has 3 aromatic carbocycles. The molecule has 1 aliphatic heterocycles. The number of pyridine rings is 1. The van der Waals surface area contributed by atoms with Gasteiger partial charge in [-0.05, 0) is 98.6 Å². The number of ether oxygens (including phenoxy) is 2. The summed E-state index contributed by atoms with van der Waals surface area (Å²) in [6.07, 6.45) is 6.99. The summed E-state index contributed by atoms with van der Waals surface area (Å²) in [5.41, 5.74) is 4.73. The van der Waals surface area contributed by atoms with Crippen molar-refractivity contribution in [3.05, 3.63) is 89.6 Å². The van der Waals surface area contributed by atoms with Crippen molar-refractivity contribution in [1.82, 2.24) is 9.88 Å². The van der Waals surface area contributed by atoms with Crippen molar-refractivity contribution in [3.8, 4) is 11.5 Å². The lowest BCUT2D eigenvalue weighted by molar-refractivity contribution is -0.131. The third-order valence-electron chi connectivity index (χ3n) is 8.71. The van der Waals surface area contributed by atoms with Crippen LogP contribution in [0.3, 0.4) is 0 Å². The van der Waals surface area contributed by atoms with E-state index in [1.807, 2.05) is 66.9 Å². The van der Waals surface area contributed by atoms with Gasteiger partial charge in [-0.1, -0.05) is 30.3 Å². The standard InChI is InChI=1S/C35H38N4O4/c1-42-31-21-28-25(15-18-36-30(28)22-32(31)43-2)12-9-24-10-13-27(14-11-24)37-33(40)35(16-17-35)34(41)38-29-8-4-3-7-26(29)23-39-19-5-6-20-39/h3-4,7-8,10-11,13-15,18,21-22H,5-6,9,12,16-17,19-20,23H2,1-2H3,(H,37,40)(H,38,41). The second-order valence-electron chi connectivity index (χ2n) is 11.5. The summed E-state index contributed by atoms with van der Waals surface area (Å²) >= 11 is 0. The predicted octanol–water partition coefficient (Wildman–Crippen LogP) is 5.99. The van der Waals surface area contributed by atoms with Crippen LogP contribution in [0.4, 0.5) is 11.4 Å². The maximum Gasteiger partial charge on any atom is 0.240 e. The van der Waals surface area contributed by atoms with Crippen molar-refractivity contribution in [2.24, 2.45) is 5.41 Å². The van der Waals surface area contributed by atoms with E-state index in [2.05, 4.69) is 26.6 Å². The quantitative estimate of drug-likeness (QED) is 0.213. The van der Waals surface area contributed by atoms with Gasteiger partial charge in [0.15, 0.2) is 11.5 Å². The van der Waals surface area contributed by atoms with E-state index in [0.29, 0.717) is 30.0 Å². The highest BCUT2D eigenvalue weighted by Crippen LogP contribution is 2.47. The summed E-state index contributed by atoms with van der Waals surface area (Å²) < 4.78 is 10.9. The molecule has 8 heteroatoms. The van der Waals surface area contributed by atoms with Crippen LogP contribution in [0, 0.1) is 5.41 Å². The minimum atomic E-state index is -1.02. The summed E-state index contributed by atoms with van der Waals surface area (Å²) in [6, 6.07) is 21.7. The van der Waals surface area contributed by atoms with Crippen LogP contribution in [0.1, 0.15) is 42.4 Å². The van der Waals surface area contributed by atoms with Gasteiger partial charge in [0, 0.05) is 35.6 Å². The van der Waals surface area contributed by atoms with Gasteiger partial charge in [-0.2, -0.15) is 0 Å². The molecule has 1 saturated heterocycles. The van der Waals surface area contributed by atoms with Crippen molar-refractivity contribution in [3.63, 3.8) is 0 Å². The van der Waals surface area contributed by atoms with E-state index < -0.39 is 5.41 Å².